The van der Waals surface area contributed by atoms with Crippen LogP contribution in [0.4, 0.5) is 26.3 Å². The SMILES string of the molecule is COC(=O)C(C)(CCCC(F)(F)F)S(=O)(=O)CCC(F)(F)F. The zero-order valence-corrected chi connectivity index (χ0v) is 12.7. The van der Waals surface area contributed by atoms with Crippen LogP contribution in [-0.2, 0) is 19.4 Å². The number of hydrogen-bond donors (Lipinski definition) is 0. The van der Waals surface area contributed by atoms with E-state index in [0.717, 1.165) is 14.0 Å². The summed E-state index contributed by atoms with van der Waals surface area (Å²) in [6.07, 6.45) is -13.9. The van der Waals surface area contributed by atoms with Crippen molar-refractivity contribution in [3.63, 3.8) is 0 Å². The van der Waals surface area contributed by atoms with E-state index in [4.69, 9.17) is 0 Å². The molecule has 0 aromatic carbocycles. The Morgan fingerprint density at radius 1 is 0.955 bits per heavy atom. The van der Waals surface area contributed by atoms with Crippen molar-refractivity contribution in [2.45, 2.75) is 49.7 Å². The smallest absolute Gasteiger partial charge is 0.390 e. The van der Waals surface area contributed by atoms with E-state index in [-0.39, 0.29) is 0 Å². The Kier molecular flexibility index (Phi) is 6.73. The number of carbonyl (C=O) groups is 1. The third kappa shape index (κ3) is 6.41. The van der Waals surface area contributed by atoms with Gasteiger partial charge in [-0.1, -0.05) is 0 Å². The summed E-state index contributed by atoms with van der Waals surface area (Å²) >= 11 is 0. The van der Waals surface area contributed by atoms with Gasteiger partial charge < -0.3 is 4.74 Å². The Bertz CT molecular complexity index is 482. The molecule has 0 heterocycles. The zero-order valence-electron chi connectivity index (χ0n) is 11.8. The lowest BCUT2D eigenvalue weighted by atomic mass is 10.0. The van der Waals surface area contributed by atoms with Crippen molar-refractivity contribution in [2.75, 3.05) is 12.9 Å². The van der Waals surface area contributed by atoms with Crippen molar-refractivity contribution in [2.24, 2.45) is 0 Å². The molecule has 22 heavy (non-hydrogen) atoms. The first kappa shape index (κ1) is 21.0. The van der Waals surface area contributed by atoms with Gasteiger partial charge in [-0.3, -0.25) is 4.79 Å². The molecule has 0 aromatic heterocycles. The summed E-state index contributed by atoms with van der Waals surface area (Å²) in [5, 5.41) is 0. The molecule has 1 atom stereocenters. The number of halogens is 6. The normalized spacial score (nSPS) is 16.2. The third-order valence-corrected chi connectivity index (χ3v) is 5.56. The van der Waals surface area contributed by atoms with Crippen molar-refractivity contribution < 1.29 is 44.3 Å². The molecule has 0 aromatic rings. The third-order valence-electron chi connectivity index (χ3n) is 3.07. The van der Waals surface area contributed by atoms with Crippen molar-refractivity contribution in [3.05, 3.63) is 0 Å². The molecule has 0 radical (unpaired) electrons. The quantitative estimate of drug-likeness (QED) is 0.519. The highest BCUT2D eigenvalue weighted by Crippen LogP contribution is 2.32. The molecule has 4 nitrogen and oxygen atoms in total. The molecule has 0 saturated carbocycles. The number of methoxy groups -OCH3 is 1. The first-order chi connectivity index (χ1) is 9.65. The summed E-state index contributed by atoms with van der Waals surface area (Å²) in [7, 11) is -3.84. The van der Waals surface area contributed by atoms with Crippen LogP contribution in [0.5, 0.6) is 0 Å². The Balaban J connectivity index is 5.21. The molecule has 1 unspecified atom stereocenters. The number of hydrogen-bond acceptors (Lipinski definition) is 4. The highest BCUT2D eigenvalue weighted by molar-refractivity contribution is 7.93. The van der Waals surface area contributed by atoms with E-state index >= 15 is 0 Å². The van der Waals surface area contributed by atoms with Crippen LogP contribution < -0.4 is 0 Å². The predicted molar refractivity (Wildman–Crippen MR) is 64.8 cm³/mol. The molecular weight excluding hydrogens is 342 g/mol. The van der Waals surface area contributed by atoms with Crippen molar-refractivity contribution in [1.82, 2.24) is 0 Å². The molecule has 0 rings (SSSR count). The van der Waals surface area contributed by atoms with Crippen LogP contribution >= 0.6 is 0 Å². The van der Waals surface area contributed by atoms with Crippen molar-refractivity contribution >= 4 is 15.8 Å². The average Bonchev–Trinajstić information content (AvgIpc) is 2.32. The van der Waals surface area contributed by atoms with Gasteiger partial charge in [-0.2, -0.15) is 26.3 Å². The topological polar surface area (TPSA) is 60.4 Å². The lowest BCUT2D eigenvalue weighted by molar-refractivity contribution is -0.146. The molecule has 0 aliphatic heterocycles. The van der Waals surface area contributed by atoms with Gasteiger partial charge in [0.1, 0.15) is 0 Å². The fourth-order valence-corrected chi connectivity index (χ4v) is 3.45. The molecule has 0 aliphatic rings. The predicted octanol–water partition coefficient (Wildman–Crippen LogP) is 3.02. The number of ether oxygens (including phenoxy) is 1. The molecule has 0 N–H and O–H groups in total. The van der Waals surface area contributed by atoms with Crippen LogP contribution in [0, 0.1) is 0 Å². The molecule has 132 valence electrons. The fourth-order valence-electron chi connectivity index (χ4n) is 1.70. The second-order valence-electron chi connectivity index (χ2n) is 4.88. The van der Waals surface area contributed by atoms with E-state index in [1.54, 1.807) is 0 Å². The maximum atomic E-state index is 12.1. The number of rotatable bonds is 7. The molecule has 0 bridgehead atoms. The maximum Gasteiger partial charge on any atom is 0.390 e. The molecule has 11 heteroatoms. The van der Waals surface area contributed by atoms with E-state index in [0.29, 0.717) is 0 Å². The monoisotopic (exact) mass is 358 g/mol. The Labute approximate surface area is 123 Å². The van der Waals surface area contributed by atoms with E-state index in [9.17, 15) is 39.6 Å². The minimum absolute atomic E-state index is 0.722. The summed E-state index contributed by atoms with van der Waals surface area (Å²) in [6, 6.07) is 0. The summed E-state index contributed by atoms with van der Waals surface area (Å²) in [5.41, 5.74) is 0. The van der Waals surface area contributed by atoms with Gasteiger partial charge in [0.15, 0.2) is 14.6 Å². The van der Waals surface area contributed by atoms with E-state index in [2.05, 4.69) is 4.74 Å². The molecule has 0 saturated heterocycles. The van der Waals surface area contributed by atoms with Crippen molar-refractivity contribution in [3.8, 4) is 0 Å². The minimum atomic E-state index is -4.77. The van der Waals surface area contributed by atoms with Gasteiger partial charge in [-0.15, -0.1) is 0 Å². The summed E-state index contributed by atoms with van der Waals surface area (Å²) in [6.45, 7) is 0.779. The minimum Gasteiger partial charge on any atom is -0.468 e. The number of carbonyl (C=O) groups excluding carboxylic acids is 1. The van der Waals surface area contributed by atoms with Gasteiger partial charge in [-0.25, -0.2) is 8.42 Å². The largest absolute Gasteiger partial charge is 0.468 e. The van der Waals surface area contributed by atoms with Gasteiger partial charge in [0, 0.05) is 6.42 Å². The summed E-state index contributed by atoms with van der Waals surface area (Å²) in [5.74, 6) is -2.77. The van der Waals surface area contributed by atoms with Gasteiger partial charge >= 0.3 is 18.3 Å². The van der Waals surface area contributed by atoms with E-state index in [1.807, 2.05) is 0 Å². The van der Waals surface area contributed by atoms with Gasteiger partial charge in [-0.05, 0) is 19.8 Å². The lowest BCUT2D eigenvalue weighted by Gasteiger charge is -2.27. The first-order valence-electron chi connectivity index (χ1n) is 6.09. The van der Waals surface area contributed by atoms with Gasteiger partial charge in [0.05, 0.1) is 19.3 Å². The van der Waals surface area contributed by atoms with Crippen LogP contribution in [0.15, 0.2) is 0 Å². The number of alkyl halides is 6. The average molecular weight is 358 g/mol. The van der Waals surface area contributed by atoms with E-state index in [1.165, 1.54) is 0 Å². The van der Waals surface area contributed by atoms with Crippen LogP contribution in [0.25, 0.3) is 0 Å². The van der Waals surface area contributed by atoms with Crippen LogP contribution in [0.2, 0.25) is 0 Å². The number of esters is 1. The summed E-state index contributed by atoms with van der Waals surface area (Å²) in [4.78, 5) is 11.6. The van der Waals surface area contributed by atoms with Crippen LogP contribution in [0.3, 0.4) is 0 Å². The standard InChI is InChI=1S/C11H16F6O4S/c1-9(8(18)21-2,4-3-5-10(12,13)14)22(19,20)7-6-11(15,16)17/h3-7H2,1-2H3. The lowest BCUT2D eigenvalue weighted by Crippen LogP contribution is -2.46. The fraction of sp³-hybridized carbons (Fsp3) is 0.909. The second kappa shape index (κ2) is 7.05. The zero-order chi connectivity index (χ0) is 17.8. The highest BCUT2D eigenvalue weighted by Gasteiger charge is 2.48. The Hall–Kier alpha value is -1.00. The molecule has 0 aliphatic carbocycles. The highest BCUT2D eigenvalue weighted by atomic mass is 32.2. The molecular formula is C11H16F6O4S. The molecule has 0 spiro atoms. The second-order valence-corrected chi connectivity index (χ2v) is 7.41. The first-order valence-corrected chi connectivity index (χ1v) is 7.74. The van der Waals surface area contributed by atoms with Crippen LogP contribution in [0.1, 0.15) is 32.6 Å². The maximum absolute atomic E-state index is 12.1. The summed E-state index contributed by atoms with van der Waals surface area (Å²) < 4.78 is 98.4. The van der Waals surface area contributed by atoms with E-state index < -0.39 is 64.3 Å². The van der Waals surface area contributed by atoms with Crippen LogP contribution in [-0.4, -0.2) is 44.3 Å². The Morgan fingerprint density at radius 2 is 1.41 bits per heavy atom. The molecule has 0 amide bonds. The Morgan fingerprint density at radius 3 is 1.77 bits per heavy atom. The van der Waals surface area contributed by atoms with Gasteiger partial charge in [0.25, 0.3) is 0 Å². The van der Waals surface area contributed by atoms with Gasteiger partial charge in [0.2, 0.25) is 0 Å². The molecule has 0 fully saturated rings. The van der Waals surface area contributed by atoms with Crippen molar-refractivity contribution in [1.29, 1.82) is 0 Å². The number of sulfone groups is 1.